The summed E-state index contributed by atoms with van der Waals surface area (Å²) in [6.07, 6.45) is 3.47. The van der Waals surface area contributed by atoms with Crippen LogP contribution in [-0.4, -0.2) is 22.4 Å². The molecule has 1 atom stereocenters. The summed E-state index contributed by atoms with van der Waals surface area (Å²) in [5.41, 5.74) is 1.90. The molecule has 0 amide bonds. The maximum atomic E-state index is 12.8. The summed E-state index contributed by atoms with van der Waals surface area (Å²) in [5.74, 6) is 0.620. The van der Waals surface area contributed by atoms with E-state index in [1.165, 1.54) is 23.1 Å². The molecule has 1 aliphatic rings. The molecule has 1 N–H and O–H groups in total. The second-order valence-electron chi connectivity index (χ2n) is 6.56. The van der Waals surface area contributed by atoms with Crippen molar-refractivity contribution in [3.63, 3.8) is 0 Å². The summed E-state index contributed by atoms with van der Waals surface area (Å²) >= 11 is 2.60. The number of thiazole rings is 1. The molecule has 2 aromatic carbocycles. The highest BCUT2D eigenvalue weighted by atomic mass is 32.2. The van der Waals surface area contributed by atoms with Crippen molar-refractivity contribution >= 4 is 40.0 Å². The molecule has 1 saturated heterocycles. The van der Waals surface area contributed by atoms with Crippen LogP contribution in [0.5, 0.6) is 11.5 Å². The number of benzene rings is 2. The second kappa shape index (κ2) is 9.28. The average molecular weight is 437 g/mol. The normalized spacial score (nSPS) is 17.5. The number of hydrogen-bond donors (Lipinski definition) is 1. The van der Waals surface area contributed by atoms with Crippen molar-refractivity contribution < 1.29 is 14.3 Å². The molecule has 1 fully saturated rings. The monoisotopic (exact) mass is 436 g/mol. The van der Waals surface area contributed by atoms with Gasteiger partial charge in [-0.25, -0.2) is 4.98 Å². The third kappa shape index (κ3) is 4.47. The smallest absolute Gasteiger partial charge is 0.186 e. The van der Waals surface area contributed by atoms with E-state index in [0.29, 0.717) is 39.7 Å². The number of hydrogen-bond acceptors (Lipinski definition) is 7. The number of carbonyl (C=O) groups is 1. The first-order valence-electron chi connectivity index (χ1n) is 9.51. The lowest BCUT2D eigenvalue weighted by atomic mass is 10.0. The lowest BCUT2D eigenvalue weighted by Gasteiger charge is -2.13. The molecular formula is C23H20N2O3S2. The number of rotatable bonds is 7. The summed E-state index contributed by atoms with van der Waals surface area (Å²) < 4.78 is 11.7. The molecule has 30 heavy (non-hydrogen) atoms. The van der Waals surface area contributed by atoms with Crippen LogP contribution in [0, 0.1) is 5.41 Å². The fraction of sp³-hybridized carbons (Fsp3) is 0.174. The minimum absolute atomic E-state index is 0.0812. The molecule has 3 aromatic rings. The number of nitrogens with zero attached hydrogens (tertiary/aromatic N) is 1. The fourth-order valence-corrected chi connectivity index (χ4v) is 4.88. The quantitative estimate of drug-likeness (QED) is 0.493. The number of allylic oxidation sites excluding steroid dienone is 1. The van der Waals surface area contributed by atoms with Gasteiger partial charge in [0.05, 0.1) is 16.6 Å². The molecule has 0 aliphatic carbocycles. The number of ketones is 1. The van der Waals surface area contributed by atoms with Crippen molar-refractivity contribution in [2.24, 2.45) is 0 Å². The van der Waals surface area contributed by atoms with E-state index in [0.717, 1.165) is 11.1 Å². The topological polar surface area (TPSA) is 72.3 Å². The van der Waals surface area contributed by atoms with Gasteiger partial charge in [-0.15, -0.1) is 11.3 Å². The van der Waals surface area contributed by atoms with Crippen molar-refractivity contribution in [3.8, 4) is 11.5 Å². The number of Topliss-reactive ketones (excluding diaryl/α,β-unsaturated/α-hetero) is 1. The summed E-state index contributed by atoms with van der Waals surface area (Å²) in [7, 11) is 0. The van der Waals surface area contributed by atoms with E-state index in [4.69, 9.17) is 14.9 Å². The molecule has 0 radical (unpaired) electrons. The number of aromatic nitrogens is 1. The van der Waals surface area contributed by atoms with Gasteiger partial charge in [-0.1, -0.05) is 48.2 Å². The van der Waals surface area contributed by atoms with Crippen LogP contribution in [0.25, 0.3) is 6.08 Å². The van der Waals surface area contributed by atoms with Crippen LogP contribution in [0.15, 0.2) is 65.0 Å². The van der Waals surface area contributed by atoms with E-state index < -0.39 is 5.92 Å². The maximum Gasteiger partial charge on any atom is 0.186 e. The Balaban J connectivity index is 1.55. The van der Waals surface area contributed by atoms with Crippen LogP contribution in [0.1, 0.15) is 29.0 Å². The van der Waals surface area contributed by atoms with Gasteiger partial charge < -0.3 is 9.47 Å². The summed E-state index contributed by atoms with van der Waals surface area (Å²) in [6, 6.07) is 15.6. The van der Waals surface area contributed by atoms with Gasteiger partial charge in [0.2, 0.25) is 0 Å². The molecule has 0 spiro atoms. The van der Waals surface area contributed by atoms with E-state index >= 15 is 0 Å². The summed E-state index contributed by atoms with van der Waals surface area (Å²) in [5, 5.41) is 11.0. The molecule has 5 nitrogen and oxygen atoms in total. The highest BCUT2D eigenvalue weighted by Gasteiger charge is 2.38. The molecule has 0 saturated carbocycles. The SMILES string of the molecule is CCOc1cc(C=C2SC(=N)C(c3nccs3)C2=O)ccc1OCc1ccccc1. The molecule has 1 aromatic heterocycles. The standard InChI is InChI=1S/C23H20N2O3S2/c1-2-27-18-12-16(8-9-17(18)28-14-15-6-4-3-5-7-15)13-19-21(26)20(22(24)30-19)23-25-10-11-29-23/h3-13,20,24H,2,14H2,1H3. The van der Waals surface area contributed by atoms with Gasteiger partial charge in [-0.05, 0) is 36.3 Å². The zero-order valence-corrected chi connectivity index (χ0v) is 18.0. The predicted molar refractivity (Wildman–Crippen MR) is 122 cm³/mol. The lowest BCUT2D eigenvalue weighted by Crippen LogP contribution is -2.11. The van der Waals surface area contributed by atoms with E-state index in [9.17, 15) is 4.79 Å². The molecule has 0 bridgehead atoms. The van der Waals surface area contributed by atoms with Crippen molar-refractivity contribution in [3.05, 3.63) is 81.1 Å². The van der Waals surface area contributed by atoms with Gasteiger partial charge in [0.25, 0.3) is 0 Å². The molecule has 2 heterocycles. The minimum Gasteiger partial charge on any atom is -0.490 e. The zero-order chi connectivity index (χ0) is 20.9. The van der Waals surface area contributed by atoms with Crippen LogP contribution in [0.2, 0.25) is 0 Å². The minimum atomic E-state index is -0.582. The van der Waals surface area contributed by atoms with Crippen LogP contribution in [0.4, 0.5) is 0 Å². The highest BCUT2D eigenvalue weighted by molar-refractivity contribution is 8.19. The Morgan fingerprint density at radius 2 is 1.97 bits per heavy atom. The molecule has 152 valence electrons. The molecule has 7 heteroatoms. The van der Waals surface area contributed by atoms with E-state index in [2.05, 4.69) is 4.98 Å². The molecule has 4 rings (SSSR count). The van der Waals surface area contributed by atoms with Crippen molar-refractivity contribution in [2.75, 3.05) is 6.61 Å². The zero-order valence-electron chi connectivity index (χ0n) is 16.3. The van der Waals surface area contributed by atoms with Gasteiger partial charge in [-0.2, -0.15) is 0 Å². The predicted octanol–water partition coefficient (Wildman–Crippen LogP) is 5.54. The number of carbonyl (C=O) groups excluding carboxylic acids is 1. The van der Waals surface area contributed by atoms with Gasteiger partial charge >= 0.3 is 0 Å². The Morgan fingerprint density at radius 1 is 1.13 bits per heavy atom. The Kier molecular flexibility index (Phi) is 6.30. The Labute approximate surface area is 183 Å². The third-order valence-electron chi connectivity index (χ3n) is 4.49. The van der Waals surface area contributed by atoms with E-state index in [-0.39, 0.29) is 5.78 Å². The lowest BCUT2D eigenvalue weighted by molar-refractivity contribution is -0.114. The highest BCUT2D eigenvalue weighted by Crippen LogP contribution is 2.41. The van der Waals surface area contributed by atoms with Gasteiger partial charge in [0, 0.05) is 11.6 Å². The van der Waals surface area contributed by atoms with Crippen molar-refractivity contribution in [1.82, 2.24) is 4.98 Å². The van der Waals surface area contributed by atoms with Gasteiger partial charge in [0.15, 0.2) is 17.3 Å². The third-order valence-corrected chi connectivity index (χ3v) is 6.32. The first-order valence-corrected chi connectivity index (χ1v) is 11.2. The average Bonchev–Trinajstić information content (AvgIpc) is 3.36. The van der Waals surface area contributed by atoms with E-state index in [1.807, 2.05) is 60.8 Å². The van der Waals surface area contributed by atoms with Gasteiger partial charge in [-0.3, -0.25) is 10.2 Å². The first kappa shape index (κ1) is 20.4. The molecule has 1 aliphatic heterocycles. The van der Waals surface area contributed by atoms with Crippen LogP contribution in [0.3, 0.4) is 0 Å². The number of nitrogens with one attached hydrogen (secondary N) is 1. The maximum absolute atomic E-state index is 12.8. The number of thioether (sulfide) groups is 1. The van der Waals surface area contributed by atoms with Crippen LogP contribution < -0.4 is 9.47 Å². The summed E-state index contributed by atoms with van der Waals surface area (Å²) in [6.45, 7) is 2.87. The Bertz CT molecular complexity index is 1080. The van der Waals surface area contributed by atoms with Crippen LogP contribution >= 0.6 is 23.1 Å². The van der Waals surface area contributed by atoms with E-state index in [1.54, 1.807) is 12.3 Å². The Hall–Kier alpha value is -2.90. The largest absolute Gasteiger partial charge is 0.490 e. The molecule has 1 unspecified atom stereocenters. The van der Waals surface area contributed by atoms with Crippen molar-refractivity contribution in [2.45, 2.75) is 19.4 Å². The fourth-order valence-electron chi connectivity index (χ4n) is 3.08. The first-order chi connectivity index (χ1) is 14.7. The van der Waals surface area contributed by atoms with Crippen molar-refractivity contribution in [1.29, 1.82) is 5.41 Å². The second-order valence-corrected chi connectivity index (χ2v) is 8.57. The number of ether oxygens (including phenoxy) is 2. The summed E-state index contributed by atoms with van der Waals surface area (Å²) in [4.78, 5) is 17.6. The molecular weight excluding hydrogens is 416 g/mol. The van der Waals surface area contributed by atoms with Crippen LogP contribution in [-0.2, 0) is 11.4 Å². The van der Waals surface area contributed by atoms with Gasteiger partial charge in [0.1, 0.15) is 17.5 Å². The Morgan fingerprint density at radius 3 is 2.70 bits per heavy atom.